The SMILES string of the molecule is CCCNC1CC(c2ccccn2)C1CC. The number of pyridine rings is 1. The van der Waals surface area contributed by atoms with E-state index in [4.69, 9.17) is 0 Å². The summed E-state index contributed by atoms with van der Waals surface area (Å²) in [6.07, 6.45) is 5.65. The van der Waals surface area contributed by atoms with Crippen molar-refractivity contribution in [2.45, 2.75) is 45.1 Å². The lowest BCUT2D eigenvalue weighted by Gasteiger charge is -2.44. The maximum absolute atomic E-state index is 4.49. The third-order valence-corrected chi connectivity index (χ3v) is 3.74. The highest BCUT2D eigenvalue weighted by atomic mass is 14.9. The van der Waals surface area contributed by atoms with E-state index in [-0.39, 0.29) is 0 Å². The third-order valence-electron chi connectivity index (χ3n) is 3.74. The monoisotopic (exact) mass is 218 g/mol. The summed E-state index contributed by atoms with van der Waals surface area (Å²) in [5, 5.41) is 3.64. The number of hydrogen-bond acceptors (Lipinski definition) is 2. The summed E-state index contributed by atoms with van der Waals surface area (Å²) >= 11 is 0. The molecule has 0 spiro atoms. The van der Waals surface area contributed by atoms with Gasteiger partial charge in [0.2, 0.25) is 0 Å². The zero-order chi connectivity index (χ0) is 11.4. The van der Waals surface area contributed by atoms with Crippen LogP contribution in [0.1, 0.15) is 44.7 Å². The van der Waals surface area contributed by atoms with Crippen LogP contribution in [0.2, 0.25) is 0 Å². The van der Waals surface area contributed by atoms with Crippen molar-refractivity contribution in [2.24, 2.45) is 5.92 Å². The van der Waals surface area contributed by atoms with Crippen LogP contribution in [-0.2, 0) is 0 Å². The van der Waals surface area contributed by atoms with E-state index in [1.165, 1.54) is 25.0 Å². The molecule has 1 fully saturated rings. The minimum absolute atomic E-state index is 0.681. The standard InChI is InChI=1S/C14H22N2/c1-3-8-15-14-10-12(11(14)4-2)13-7-5-6-9-16-13/h5-7,9,11-12,14-15H,3-4,8,10H2,1-2H3. The predicted octanol–water partition coefficient (Wildman–Crippen LogP) is 2.96. The molecular formula is C14H22N2. The largest absolute Gasteiger partial charge is 0.314 e. The minimum atomic E-state index is 0.681. The molecule has 2 heteroatoms. The number of hydrogen-bond donors (Lipinski definition) is 1. The molecule has 1 aliphatic carbocycles. The van der Waals surface area contributed by atoms with Gasteiger partial charge in [-0.1, -0.05) is 26.3 Å². The quantitative estimate of drug-likeness (QED) is 0.822. The average molecular weight is 218 g/mol. The first-order chi connectivity index (χ1) is 7.86. The van der Waals surface area contributed by atoms with Crippen LogP contribution < -0.4 is 5.32 Å². The van der Waals surface area contributed by atoms with Crippen molar-refractivity contribution in [3.8, 4) is 0 Å². The van der Waals surface area contributed by atoms with Crippen molar-refractivity contribution < 1.29 is 0 Å². The van der Waals surface area contributed by atoms with Crippen LogP contribution >= 0.6 is 0 Å². The van der Waals surface area contributed by atoms with Crippen LogP contribution in [0.4, 0.5) is 0 Å². The molecule has 0 bridgehead atoms. The molecule has 1 aromatic heterocycles. The second-order valence-corrected chi connectivity index (χ2v) is 4.73. The molecule has 16 heavy (non-hydrogen) atoms. The van der Waals surface area contributed by atoms with Crippen molar-refractivity contribution >= 4 is 0 Å². The molecule has 1 heterocycles. The summed E-state index contributed by atoms with van der Waals surface area (Å²) in [5.41, 5.74) is 1.28. The number of nitrogens with zero attached hydrogens (tertiary/aromatic N) is 1. The van der Waals surface area contributed by atoms with Crippen molar-refractivity contribution in [2.75, 3.05) is 6.54 Å². The Morgan fingerprint density at radius 2 is 2.25 bits per heavy atom. The summed E-state index contributed by atoms with van der Waals surface area (Å²) in [7, 11) is 0. The molecule has 1 N–H and O–H groups in total. The van der Waals surface area contributed by atoms with E-state index in [0.717, 1.165) is 18.5 Å². The van der Waals surface area contributed by atoms with E-state index in [1.54, 1.807) is 0 Å². The Labute approximate surface area is 98.5 Å². The molecule has 1 aromatic rings. The van der Waals surface area contributed by atoms with Gasteiger partial charge in [-0.25, -0.2) is 0 Å². The van der Waals surface area contributed by atoms with Gasteiger partial charge in [-0.05, 0) is 37.4 Å². The van der Waals surface area contributed by atoms with Gasteiger partial charge in [0.25, 0.3) is 0 Å². The maximum Gasteiger partial charge on any atom is 0.0438 e. The molecular weight excluding hydrogens is 196 g/mol. The van der Waals surface area contributed by atoms with Gasteiger partial charge in [-0.15, -0.1) is 0 Å². The highest BCUT2D eigenvalue weighted by Crippen LogP contribution is 2.43. The number of aromatic nitrogens is 1. The second kappa shape index (κ2) is 5.44. The molecule has 1 aliphatic rings. The molecule has 0 radical (unpaired) electrons. The van der Waals surface area contributed by atoms with Crippen LogP contribution in [-0.4, -0.2) is 17.6 Å². The molecule has 0 saturated heterocycles. The summed E-state index contributed by atoms with van der Waals surface area (Å²) in [6, 6.07) is 6.98. The van der Waals surface area contributed by atoms with E-state index in [2.05, 4.69) is 36.3 Å². The summed E-state index contributed by atoms with van der Waals surface area (Å²) in [4.78, 5) is 4.49. The summed E-state index contributed by atoms with van der Waals surface area (Å²) in [6.45, 7) is 5.67. The fourth-order valence-corrected chi connectivity index (χ4v) is 2.78. The fourth-order valence-electron chi connectivity index (χ4n) is 2.78. The van der Waals surface area contributed by atoms with Gasteiger partial charge in [-0.2, -0.15) is 0 Å². The Balaban J connectivity index is 1.95. The molecule has 0 aromatic carbocycles. The van der Waals surface area contributed by atoms with Crippen LogP contribution in [0.25, 0.3) is 0 Å². The minimum Gasteiger partial charge on any atom is -0.314 e. The summed E-state index contributed by atoms with van der Waals surface area (Å²) < 4.78 is 0. The van der Waals surface area contributed by atoms with Gasteiger partial charge in [0.1, 0.15) is 0 Å². The lowest BCUT2D eigenvalue weighted by molar-refractivity contribution is 0.158. The fraction of sp³-hybridized carbons (Fsp3) is 0.643. The smallest absolute Gasteiger partial charge is 0.0438 e. The Kier molecular flexibility index (Phi) is 3.94. The predicted molar refractivity (Wildman–Crippen MR) is 67.5 cm³/mol. The van der Waals surface area contributed by atoms with Gasteiger partial charge in [0.05, 0.1) is 0 Å². The van der Waals surface area contributed by atoms with Crippen LogP contribution in [0, 0.1) is 5.92 Å². The van der Waals surface area contributed by atoms with Crippen molar-refractivity contribution in [3.63, 3.8) is 0 Å². The first-order valence-electron chi connectivity index (χ1n) is 6.51. The molecule has 2 rings (SSSR count). The first-order valence-corrected chi connectivity index (χ1v) is 6.51. The van der Waals surface area contributed by atoms with Crippen molar-refractivity contribution in [1.82, 2.24) is 10.3 Å². The highest BCUT2D eigenvalue weighted by molar-refractivity contribution is 5.17. The molecule has 1 saturated carbocycles. The Hall–Kier alpha value is -0.890. The highest BCUT2D eigenvalue weighted by Gasteiger charge is 2.40. The lowest BCUT2D eigenvalue weighted by Crippen LogP contribution is -2.49. The van der Waals surface area contributed by atoms with E-state index in [0.29, 0.717) is 5.92 Å². The van der Waals surface area contributed by atoms with Gasteiger partial charge in [0.15, 0.2) is 0 Å². The normalized spacial score (nSPS) is 28.8. The number of nitrogens with one attached hydrogen (secondary N) is 1. The second-order valence-electron chi connectivity index (χ2n) is 4.73. The van der Waals surface area contributed by atoms with Crippen LogP contribution in [0.15, 0.2) is 24.4 Å². The van der Waals surface area contributed by atoms with Crippen molar-refractivity contribution in [1.29, 1.82) is 0 Å². The van der Waals surface area contributed by atoms with E-state index >= 15 is 0 Å². The van der Waals surface area contributed by atoms with E-state index in [9.17, 15) is 0 Å². The molecule has 3 unspecified atom stereocenters. The Bertz CT molecular complexity index is 310. The molecule has 0 amide bonds. The Morgan fingerprint density at radius 1 is 1.38 bits per heavy atom. The van der Waals surface area contributed by atoms with Crippen LogP contribution in [0.3, 0.4) is 0 Å². The maximum atomic E-state index is 4.49. The first kappa shape index (κ1) is 11.6. The van der Waals surface area contributed by atoms with Crippen molar-refractivity contribution in [3.05, 3.63) is 30.1 Å². The number of rotatable bonds is 5. The van der Waals surface area contributed by atoms with Crippen LogP contribution in [0.5, 0.6) is 0 Å². The zero-order valence-corrected chi connectivity index (χ0v) is 10.3. The molecule has 0 aliphatic heterocycles. The van der Waals surface area contributed by atoms with Gasteiger partial charge >= 0.3 is 0 Å². The van der Waals surface area contributed by atoms with Gasteiger partial charge in [0, 0.05) is 23.9 Å². The topological polar surface area (TPSA) is 24.9 Å². The molecule has 3 atom stereocenters. The molecule has 2 nitrogen and oxygen atoms in total. The van der Waals surface area contributed by atoms with E-state index < -0.39 is 0 Å². The van der Waals surface area contributed by atoms with E-state index in [1.807, 2.05) is 12.3 Å². The van der Waals surface area contributed by atoms with Gasteiger partial charge < -0.3 is 5.32 Å². The third kappa shape index (κ3) is 2.27. The van der Waals surface area contributed by atoms with Gasteiger partial charge in [-0.3, -0.25) is 4.98 Å². The zero-order valence-electron chi connectivity index (χ0n) is 10.3. The average Bonchev–Trinajstić information content (AvgIpc) is 2.30. The summed E-state index contributed by atoms with van der Waals surface area (Å²) in [5.74, 6) is 1.46. The Morgan fingerprint density at radius 3 is 2.88 bits per heavy atom. The lowest BCUT2D eigenvalue weighted by atomic mass is 9.66. The molecule has 88 valence electrons.